The summed E-state index contributed by atoms with van der Waals surface area (Å²) in [5.41, 5.74) is 2.03. The van der Waals surface area contributed by atoms with Gasteiger partial charge in [0.1, 0.15) is 5.75 Å². The molecule has 0 radical (unpaired) electrons. The van der Waals surface area contributed by atoms with Crippen LogP contribution in [0.1, 0.15) is 30.1 Å². The minimum Gasteiger partial charge on any atom is -0.496 e. The fraction of sp³-hybridized carbons (Fsp3) is 0.368. The Hall–Kier alpha value is -2.40. The lowest BCUT2D eigenvalue weighted by Gasteiger charge is -2.25. The highest BCUT2D eigenvalue weighted by Gasteiger charge is 2.29. The van der Waals surface area contributed by atoms with Crippen LogP contribution in [0.5, 0.6) is 5.75 Å². The van der Waals surface area contributed by atoms with Crippen LogP contribution in [0.4, 0.5) is 0 Å². The van der Waals surface area contributed by atoms with Gasteiger partial charge in [-0.25, -0.2) is 0 Å². The second-order valence-electron chi connectivity index (χ2n) is 5.97. The second kappa shape index (κ2) is 7.93. The van der Waals surface area contributed by atoms with Gasteiger partial charge in [-0.1, -0.05) is 24.3 Å². The van der Waals surface area contributed by atoms with E-state index in [1.165, 1.54) is 0 Å². The van der Waals surface area contributed by atoms with Gasteiger partial charge in [-0.2, -0.15) is 0 Å². The molecule has 1 N–H and O–H groups in total. The zero-order valence-electron chi connectivity index (χ0n) is 13.9. The third-order valence-electron chi connectivity index (χ3n) is 4.40. The predicted molar refractivity (Wildman–Crippen MR) is 92.6 cm³/mol. The smallest absolute Gasteiger partial charge is 0.234 e. The van der Waals surface area contributed by atoms with Crippen molar-refractivity contribution in [1.82, 2.24) is 15.2 Å². The predicted octanol–water partition coefficient (Wildman–Crippen LogP) is 2.54. The molecule has 0 bridgehead atoms. The van der Waals surface area contributed by atoms with E-state index >= 15 is 0 Å². The Morgan fingerprint density at radius 1 is 1.29 bits per heavy atom. The molecule has 5 heteroatoms. The second-order valence-corrected chi connectivity index (χ2v) is 5.97. The van der Waals surface area contributed by atoms with Crippen LogP contribution in [0.3, 0.4) is 0 Å². The van der Waals surface area contributed by atoms with E-state index < -0.39 is 0 Å². The Kier molecular flexibility index (Phi) is 5.43. The number of methoxy groups -OCH3 is 1. The average molecular weight is 325 g/mol. The van der Waals surface area contributed by atoms with Crippen molar-refractivity contribution in [3.8, 4) is 5.75 Å². The van der Waals surface area contributed by atoms with Crippen LogP contribution in [-0.2, 0) is 11.3 Å². The number of carbonyl (C=O) groups excluding carboxylic acids is 1. The molecule has 0 saturated carbocycles. The molecule has 24 heavy (non-hydrogen) atoms. The van der Waals surface area contributed by atoms with Crippen molar-refractivity contribution in [3.63, 3.8) is 0 Å². The van der Waals surface area contributed by atoms with E-state index in [0.29, 0.717) is 13.1 Å². The zero-order chi connectivity index (χ0) is 16.8. The highest BCUT2D eigenvalue weighted by Crippen LogP contribution is 2.36. The number of amides is 1. The summed E-state index contributed by atoms with van der Waals surface area (Å²) in [7, 11) is 1.69. The van der Waals surface area contributed by atoms with Gasteiger partial charge in [0, 0.05) is 17.8 Å². The number of nitrogens with zero attached hydrogens (tertiary/aromatic N) is 2. The standard InChI is InChI=1S/C19H23N3O2/c1-24-18-10-3-2-8-16(18)17-9-6-12-22(17)14-19(23)21-13-15-7-4-5-11-20-15/h2-5,7-8,10-11,17H,6,9,12-14H2,1H3,(H,21,23)/t17-/m1/s1. The van der Waals surface area contributed by atoms with Gasteiger partial charge in [-0.05, 0) is 37.6 Å². The number of pyridine rings is 1. The van der Waals surface area contributed by atoms with Crippen molar-refractivity contribution < 1.29 is 9.53 Å². The summed E-state index contributed by atoms with van der Waals surface area (Å²) in [4.78, 5) is 18.7. The fourth-order valence-electron chi connectivity index (χ4n) is 3.24. The maximum atomic E-state index is 12.3. The first-order valence-corrected chi connectivity index (χ1v) is 8.31. The van der Waals surface area contributed by atoms with Gasteiger partial charge in [-0.3, -0.25) is 14.7 Å². The first-order chi connectivity index (χ1) is 11.8. The lowest BCUT2D eigenvalue weighted by molar-refractivity contribution is -0.122. The average Bonchev–Trinajstić information content (AvgIpc) is 3.08. The number of benzene rings is 1. The maximum absolute atomic E-state index is 12.3. The first-order valence-electron chi connectivity index (χ1n) is 8.31. The lowest BCUT2D eigenvalue weighted by atomic mass is 10.0. The number of para-hydroxylation sites is 1. The monoisotopic (exact) mass is 325 g/mol. The van der Waals surface area contributed by atoms with Crippen molar-refractivity contribution >= 4 is 5.91 Å². The molecule has 1 saturated heterocycles. The molecule has 2 heterocycles. The number of ether oxygens (including phenoxy) is 1. The SMILES string of the molecule is COc1ccccc1[C@H]1CCCN1CC(=O)NCc1ccccn1. The molecule has 3 rings (SSSR count). The van der Waals surface area contributed by atoms with E-state index in [0.717, 1.165) is 36.4 Å². The van der Waals surface area contributed by atoms with Gasteiger partial charge in [0.25, 0.3) is 0 Å². The van der Waals surface area contributed by atoms with Gasteiger partial charge < -0.3 is 10.1 Å². The highest BCUT2D eigenvalue weighted by molar-refractivity contribution is 5.78. The Bertz CT molecular complexity index is 675. The number of hydrogen-bond acceptors (Lipinski definition) is 4. The number of carbonyl (C=O) groups is 1. The highest BCUT2D eigenvalue weighted by atomic mass is 16.5. The number of hydrogen-bond donors (Lipinski definition) is 1. The Labute approximate surface area is 142 Å². The number of likely N-dealkylation sites (tertiary alicyclic amines) is 1. The molecule has 1 aromatic heterocycles. The van der Waals surface area contributed by atoms with Gasteiger partial charge in [0.2, 0.25) is 5.91 Å². The molecule has 0 unspecified atom stereocenters. The quantitative estimate of drug-likeness (QED) is 0.887. The van der Waals surface area contributed by atoms with E-state index in [9.17, 15) is 4.79 Å². The lowest BCUT2D eigenvalue weighted by Crippen LogP contribution is -2.36. The third-order valence-corrected chi connectivity index (χ3v) is 4.40. The topological polar surface area (TPSA) is 54.5 Å². The van der Waals surface area contributed by atoms with Crippen molar-refractivity contribution in [2.45, 2.75) is 25.4 Å². The van der Waals surface area contributed by atoms with Crippen molar-refractivity contribution in [2.24, 2.45) is 0 Å². The fourth-order valence-corrected chi connectivity index (χ4v) is 3.24. The van der Waals surface area contributed by atoms with Crippen LogP contribution >= 0.6 is 0 Å². The van der Waals surface area contributed by atoms with E-state index in [1.807, 2.05) is 36.4 Å². The van der Waals surface area contributed by atoms with E-state index in [1.54, 1.807) is 13.3 Å². The molecule has 5 nitrogen and oxygen atoms in total. The largest absolute Gasteiger partial charge is 0.496 e. The van der Waals surface area contributed by atoms with Gasteiger partial charge in [0.15, 0.2) is 0 Å². The van der Waals surface area contributed by atoms with Gasteiger partial charge in [0.05, 0.1) is 25.9 Å². The summed E-state index contributed by atoms with van der Waals surface area (Å²) in [6.45, 7) is 1.79. The molecular weight excluding hydrogens is 302 g/mol. The molecule has 0 aliphatic carbocycles. The number of aromatic nitrogens is 1. The minimum absolute atomic E-state index is 0.0300. The van der Waals surface area contributed by atoms with Crippen molar-refractivity contribution in [2.75, 3.05) is 20.2 Å². The molecule has 1 atom stereocenters. The summed E-state index contributed by atoms with van der Waals surface area (Å²) >= 11 is 0. The zero-order valence-corrected chi connectivity index (χ0v) is 13.9. The molecule has 126 valence electrons. The van der Waals surface area contributed by atoms with Crippen LogP contribution in [0, 0.1) is 0 Å². The number of rotatable bonds is 6. The van der Waals surface area contributed by atoms with Crippen molar-refractivity contribution in [1.29, 1.82) is 0 Å². The number of nitrogens with one attached hydrogen (secondary N) is 1. The first kappa shape index (κ1) is 16.5. The summed E-state index contributed by atoms with van der Waals surface area (Å²) in [5, 5.41) is 2.95. The molecule has 1 fully saturated rings. The van der Waals surface area contributed by atoms with Gasteiger partial charge >= 0.3 is 0 Å². The Balaban J connectivity index is 1.60. The normalized spacial score (nSPS) is 17.6. The molecule has 1 aliphatic rings. The molecular formula is C19H23N3O2. The molecule has 2 aromatic rings. The Morgan fingerprint density at radius 2 is 2.12 bits per heavy atom. The summed E-state index contributed by atoms with van der Waals surface area (Å²) in [6.07, 6.45) is 3.88. The summed E-state index contributed by atoms with van der Waals surface area (Å²) in [6, 6.07) is 14.0. The van der Waals surface area contributed by atoms with Gasteiger partial charge in [-0.15, -0.1) is 0 Å². The van der Waals surface area contributed by atoms with Crippen LogP contribution in [0.2, 0.25) is 0 Å². The summed E-state index contributed by atoms with van der Waals surface area (Å²) in [5.74, 6) is 0.922. The summed E-state index contributed by atoms with van der Waals surface area (Å²) < 4.78 is 5.48. The van der Waals surface area contributed by atoms with E-state index in [2.05, 4.69) is 21.3 Å². The van der Waals surface area contributed by atoms with E-state index in [4.69, 9.17) is 4.74 Å². The Morgan fingerprint density at radius 3 is 2.92 bits per heavy atom. The maximum Gasteiger partial charge on any atom is 0.234 e. The molecule has 0 spiro atoms. The van der Waals surface area contributed by atoms with Crippen LogP contribution in [-0.4, -0.2) is 36.0 Å². The van der Waals surface area contributed by atoms with Crippen LogP contribution < -0.4 is 10.1 Å². The van der Waals surface area contributed by atoms with Crippen molar-refractivity contribution in [3.05, 3.63) is 59.9 Å². The molecule has 1 aromatic carbocycles. The van der Waals surface area contributed by atoms with Crippen LogP contribution in [0.25, 0.3) is 0 Å². The van der Waals surface area contributed by atoms with Crippen LogP contribution in [0.15, 0.2) is 48.7 Å². The van der Waals surface area contributed by atoms with E-state index in [-0.39, 0.29) is 11.9 Å². The minimum atomic E-state index is 0.0300. The molecule has 1 aliphatic heterocycles. The molecule has 1 amide bonds. The third kappa shape index (κ3) is 3.92.